The van der Waals surface area contributed by atoms with Crippen molar-refractivity contribution in [1.29, 1.82) is 0 Å². The van der Waals surface area contributed by atoms with Gasteiger partial charge in [0.15, 0.2) is 0 Å². The Bertz CT molecular complexity index is 901. The fourth-order valence-corrected chi connectivity index (χ4v) is 2.75. The second kappa shape index (κ2) is 4.24. The van der Waals surface area contributed by atoms with Gasteiger partial charge >= 0.3 is 0 Å². The molecule has 3 aromatic carbocycles. The van der Waals surface area contributed by atoms with Crippen molar-refractivity contribution < 1.29 is 4.42 Å². The van der Waals surface area contributed by atoms with Crippen molar-refractivity contribution in [2.45, 2.75) is 6.92 Å². The standard InChI is InChI=1S/C19H14O/c1-13-10-11-16-17-9-5-8-15(14-6-3-2-4-7-14)19(17)20-18(16)12-13/h2-12H,1H3. The van der Waals surface area contributed by atoms with Gasteiger partial charge in [-0.25, -0.2) is 0 Å². The molecular weight excluding hydrogens is 244 g/mol. The summed E-state index contributed by atoms with van der Waals surface area (Å²) in [6.07, 6.45) is 0. The SMILES string of the molecule is Cc1ccc2c(c1)oc1c(-c3ccccc3)cccc12. The minimum atomic E-state index is 0.961. The van der Waals surface area contributed by atoms with Crippen molar-refractivity contribution in [1.82, 2.24) is 0 Å². The second-order valence-corrected chi connectivity index (χ2v) is 5.15. The first kappa shape index (κ1) is 11.3. The molecular formula is C19H14O. The van der Waals surface area contributed by atoms with Crippen LogP contribution >= 0.6 is 0 Å². The Hall–Kier alpha value is -2.54. The minimum absolute atomic E-state index is 0.961. The van der Waals surface area contributed by atoms with E-state index in [0.717, 1.165) is 16.7 Å². The molecule has 0 unspecified atom stereocenters. The maximum atomic E-state index is 6.12. The predicted octanol–water partition coefficient (Wildman–Crippen LogP) is 5.56. The quantitative estimate of drug-likeness (QED) is 0.435. The first-order valence-electron chi connectivity index (χ1n) is 6.80. The molecule has 1 aromatic heterocycles. The molecule has 0 N–H and O–H groups in total. The highest BCUT2D eigenvalue weighted by molar-refractivity contribution is 6.09. The molecule has 0 saturated carbocycles. The Morgan fingerprint density at radius 2 is 1.60 bits per heavy atom. The van der Waals surface area contributed by atoms with E-state index in [1.165, 1.54) is 21.9 Å². The van der Waals surface area contributed by atoms with E-state index in [4.69, 9.17) is 4.42 Å². The van der Waals surface area contributed by atoms with Crippen molar-refractivity contribution in [2.75, 3.05) is 0 Å². The fraction of sp³-hybridized carbons (Fsp3) is 0.0526. The van der Waals surface area contributed by atoms with Crippen LogP contribution in [0.15, 0.2) is 71.1 Å². The number of para-hydroxylation sites is 1. The lowest BCUT2D eigenvalue weighted by molar-refractivity contribution is 0.669. The number of benzene rings is 3. The summed E-state index contributed by atoms with van der Waals surface area (Å²) >= 11 is 0. The third-order valence-corrected chi connectivity index (χ3v) is 3.74. The van der Waals surface area contributed by atoms with Crippen LogP contribution in [-0.4, -0.2) is 0 Å². The van der Waals surface area contributed by atoms with Crippen LogP contribution in [0.5, 0.6) is 0 Å². The summed E-state index contributed by atoms with van der Waals surface area (Å²) in [7, 11) is 0. The topological polar surface area (TPSA) is 13.1 Å². The van der Waals surface area contributed by atoms with Gasteiger partial charge in [0, 0.05) is 16.3 Å². The van der Waals surface area contributed by atoms with Gasteiger partial charge < -0.3 is 4.42 Å². The summed E-state index contributed by atoms with van der Waals surface area (Å²) in [6, 6.07) is 23.1. The van der Waals surface area contributed by atoms with Gasteiger partial charge in [0.2, 0.25) is 0 Å². The molecule has 0 spiro atoms. The van der Waals surface area contributed by atoms with Gasteiger partial charge in [-0.05, 0) is 24.1 Å². The molecule has 0 aliphatic rings. The molecule has 0 aliphatic heterocycles. The fourth-order valence-electron chi connectivity index (χ4n) is 2.75. The van der Waals surface area contributed by atoms with E-state index in [1.807, 2.05) is 6.07 Å². The summed E-state index contributed by atoms with van der Waals surface area (Å²) in [5, 5.41) is 2.37. The molecule has 0 amide bonds. The molecule has 0 fully saturated rings. The molecule has 1 heterocycles. The largest absolute Gasteiger partial charge is 0.455 e. The Labute approximate surface area is 117 Å². The lowest BCUT2D eigenvalue weighted by Crippen LogP contribution is -1.77. The van der Waals surface area contributed by atoms with Gasteiger partial charge in [-0.1, -0.05) is 60.7 Å². The molecule has 0 saturated heterocycles. The first-order chi connectivity index (χ1) is 9.83. The average Bonchev–Trinajstić information content (AvgIpc) is 2.85. The summed E-state index contributed by atoms with van der Waals surface area (Å²) in [4.78, 5) is 0. The van der Waals surface area contributed by atoms with Crippen LogP contribution in [0.3, 0.4) is 0 Å². The molecule has 4 aromatic rings. The second-order valence-electron chi connectivity index (χ2n) is 5.15. The van der Waals surface area contributed by atoms with Crippen LogP contribution < -0.4 is 0 Å². The van der Waals surface area contributed by atoms with E-state index in [-0.39, 0.29) is 0 Å². The van der Waals surface area contributed by atoms with Crippen LogP contribution in [0.25, 0.3) is 33.1 Å². The monoisotopic (exact) mass is 258 g/mol. The summed E-state index contributed by atoms with van der Waals surface area (Å²) in [5.74, 6) is 0. The number of hydrogen-bond acceptors (Lipinski definition) is 1. The normalized spacial score (nSPS) is 11.2. The Morgan fingerprint density at radius 1 is 0.750 bits per heavy atom. The average molecular weight is 258 g/mol. The molecule has 1 nitrogen and oxygen atoms in total. The lowest BCUT2D eigenvalue weighted by Gasteiger charge is -2.01. The lowest BCUT2D eigenvalue weighted by atomic mass is 10.0. The molecule has 96 valence electrons. The van der Waals surface area contributed by atoms with Crippen molar-refractivity contribution >= 4 is 21.9 Å². The van der Waals surface area contributed by atoms with E-state index in [0.29, 0.717) is 0 Å². The van der Waals surface area contributed by atoms with E-state index < -0.39 is 0 Å². The highest BCUT2D eigenvalue weighted by atomic mass is 16.3. The predicted molar refractivity (Wildman–Crippen MR) is 83.9 cm³/mol. The number of aryl methyl sites for hydroxylation is 1. The Balaban J connectivity index is 2.11. The zero-order chi connectivity index (χ0) is 13.5. The maximum Gasteiger partial charge on any atom is 0.143 e. The molecule has 0 radical (unpaired) electrons. The van der Waals surface area contributed by atoms with Crippen LogP contribution in [0.4, 0.5) is 0 Å². The first-order valence-corrected chi connectivity index (χ1v) is 6.80. The molecule has 1 heteroatoms. The Morgan fingerprint density at radius 3 is 2.45 bits per heavy atom. The van der Waals surface area contributed by atoms with Crippen LogP contribution in [0.2, 0.25) is 0 Å². The molecule has 4 rings (SSSR count). The van der Waals surface area contributed by atoms with Crippen LogP contribution in [-0.2, 0) is 0 Å². The number of furan rings is 1. The van der Waals surface area contributed by atoms with Gasteiger partial charge in [-0.3, -0.25) is 0 Å². The van der Waals surface area contributed by atoms with E-state index >= 15 is 0 Å². The zero-order valence-corrected chi connectivity index (χ0v) is 11.3. The number of rotatable bonds is 1. The van der Waals surface area contributed by atoms with Gasteiger partial charge in [-0.15, -0.1) is 0 Å². The Kier molecular flexibility index (Phi) is 2.40. The molecule has 0 bridgehead atoms. The summed E-state index contributed by atoms with van der Waals surface area (Å²) in [6.45, 7) is 2.09. The van der Waals surface area contributed by atoms with E-state index in [1.54, 1.807) is 0 Å². The third-order valence-electron chi connectivity index (χ3n) is 3.74. The van der Waals surface area contributed by atoms with Gasteiger partial charge in [0.25, 0.3) is 0 Å². The van der Waals surface area contributed by atoms with E-state index in [9.17, 15) is 0 Å². The minimum Gasteiger partial charge on any atom is -0.455 e. The molecule has 0 atom stereocenters. The molecule has 0 aliphatic carbocycles. The maximum absolute atomic E-state index is 6.12. The van der Waals surface area contributed by atoms with Crippen molar-refractivity contribution in [3.8, 4) is 11.1 Å². The number of fused-ring (bicyclic) bond motifs is 3. The van der Waals surface area contributed by atoms with Crippen molar-refractivity contribution in [3.05, 3.63) is 72.3 Å². The van der Waals surface area contributed by atoms with Crippen LogP contribution in [0.1, 0.15) is 5.56 Å². The van der Waals surface area contributed by atoms with Gasteiger partial charge in [0.05, 0.1) is 0 Å². The van der Waals surface area contributed by atoms with Crippen molar-refractivity contribution in [2.24, 2.45) is 0 Å². The number of hydrogen-bond donors (Lipinski definition) is 0. The van der Waals surface area contributed by atoms with Crippen LogP contribution in [0, 0.1) is 6.92 Å². The summed E-state index contributed by atoms with van der Waals surface area (Å²) in [5.41, 5.74) is 5.49. The zero-order valence-electron chi connectivity index (χ0n) is 11.3. The third kappa shape index (κ3) is 1.64. The van der Waals surface area contributed by atoms with Gasteiger partial charge in [-0.2, -0.15) is 0 Å². The smallest absolute Gasteiger partial charge is 0.143 e. The highest BCUT2D eigenvalue weighted by Gasteiger charge is 2.11. The van der Waals surface area contributed by atoms with Crippen molar-refractivity contribution in [3.63, 3.8) is 0 Å². The molecule has 20 heavy (non-hydrogen) atoms. The van der Waals surface area contributed by atoms with Gasteiger partial charge in [0.1, 0.15) is 11.2 Å². The summed E-state index contributed by atoms with van der Waals surface area (Å²) < 4.78 is 6.12. The highest BCUT2D eigenvalue weighted by Crippen LogP contribution is 2.35. The van der Waals surface area contributed by atoms with E-state index in [2.05, 4.69) is 67.6 Å².